The molecule has 2 fully saturated rings. The number of carbonyl (C=O) groups is 3. The van der Waals surface area contributed by atoms with Crippen molar-refractivity contribution in [3.05, 3.63) is 48.6 Å². The monoisotopic (exact) mass is 503 g/mol. The van der Waals surface area contributed by atoms with E-state index >= 15 is 0 Å². The number of carboxylic acids is 1. The van der Waals surface area contributed by atoms with Crippen LogP contribution in [-0.4, -0.2) is 54.5 Å². The van der Waals surface area contributed by atoms with Crippen LogP contribution in [0.4, 0.5) is 9.59 Å². The summed E-state index contributed by atoms with van der Waals surface area (Å²) in [7, 11) is 0. The third kappa shape index (κ3) is 12.6. The first-order valence-electron chi connectivity index (χ1n) is 13.0. The molecule has 0 unspecified atom stereocenters. The Morgan fingerprint density at radius 1 is 0.917 bits per heavy atom. The first kappa shape index (κ1) is 29.2. The number of carbonyl (C=O) groups excluding carboxylic acids is 2. The van der Waals surface area contributed by atoms with Crippen molar-refractivity contribution in [2.75, 3.05) is 13.2 Å². The van der Waals surface area contributed by atoms with E-state index < -0.39 is 24.2 Å². The van der Waals surface area contributed by atoms with Crippen molar-refractivity contribution in [1.82, 2.24) is 16.0 Å². The fraction of sp³-hybridized carbons (Fsp3) is 0.593. The smallest absolute Gasteiger partial charge is 0.408 e. The average Bonchev–Trinajstić information content (AvgIpc) is 2.90. The molecule has 200 valence electrons. The third-order valence-electron chi connectivity index (χ3n) is 6.27. The number of hydrogen-bond acceptors (Lipinski definition) is 6. The second-order valence-corrected chi connectivity index (χ2v) is 9.20. The molecule has 3 rings (SSSR count). The number of benzene rings is 1. The molecule has 0 aromatic heterocycles. The lowest BCUT2D eigenvalue weighted by molar-refractivity contribution is -0.139. The molecule has 36 heavy (non-hydrogen) atoms. The molecule has 4 N–H and O–H groups in total. The summed E-state index contributed by atoms with van der Waals surface area (Å²) in [6.07, 6.45) is 14.2. The minimum atomic E-state index is -1.34. The zero-order valence-electron chi connectivity index (χ0n) is 21.1. The van der Waals surface area contributed by atoms with Crippen molar-refractivity contribution in [3.63, 3.8) is 0 Å². The van der Waals surface area contributed by atoms with Gasteiger partial charge in [-0.3, -0.25) is 0 Å². The molecule has 0 heterocycles. The van der Waals surface area contributed by atoms with Gasteiger partial charge < -0.3 is 30.5 Å². The van der Waals surface area contributed by atoms with Crippen LogP contribution in [0.25, 0.3) is 0 Å². The van der Waals surface area contributed by atoms with Gasteiger partial charge in [0.1, 0.15) is 19.3 Å². The maximum atomic E-state index is 11.6. The van der Waals surface area contributed by atoms with E-state index in [4.69, 9.17) is 9.84 Å². The molecule has 2 saturated carbocycles. The minimum absolute atomic E-state index is 0.00385. The number of alkyl carbamates (subject to hydrolysis) is 2. The highest BCUT2D eigenvalue weighted by atomic mass is 16.6. The molecule has 9 heteroatoms. The van der Waals surface area contributed by atoms with Gasteiger partial charge >= 0.3 is 18.2 Å². The molecule has 0 aliphatic heterocycles. The Labute approximate surface area is 214 Å². The van der Waals surface area contributed by atoms with Crippen molar-refractivity contribution in [2.24, 2.45) is 0 Å². The second kappa shape index (κ2) is 17.4. The van der Waals surface area contributed by atoms with Gasteiger partial charge in [-0.1, -0.05) is 81.5 Å². The predicted octanol–water partition coefficient (Wildman–Crippen LogP) is 4.52. The van der Waals surface area contributed by atoms with E-state index in [1.54, 1.807) is 24.3 Å². The Morgan fingerprint density at radius 3 is 2.03 bits per heavy atom. The van der Waals surface area contributed by atoms with Crippen molar-refractivity contribution < 1.29 is 29.0 Å². The van der Waals surface area contributed by atoms with E-state index in [2.05, 4.69) is 27.3 Å². The number of rotatable bonds is 10. The summed E-state index contributed by atoms with van der Waals surface area (Å²) in [5, 5.41) is 17.2. The Hall–Kier alpha value is -3.07. The van der Waals surface area contributed by atoms with E-state index in [1.165, 1.54) is 70.3 Å². The molecule has 0 radical (unpaired) electrons. The van der Waals surface area contributed by atoms with E-state index in [-0.39, 0.29) is 19.8 Å². The maximum Gasteiger partial charge on any atom is 0.408 e. The molecule has 1 atom stereocenters. The second-order valence-electron chi connectivity index (χ2n) is 9.20. The van der Waals surface area contributed by atoms with Gasteiger partial charge in [0.2, 0.25) is 0 Å². The van der Waals surface area contributed by atoms with Gasteiger partial charge in [-0.2, -0.15) is 0 Å². The topological polar surface area (TPSA) is 126 Å². The van der Waals surface area contributed by atoms with Gasteiger partial charge in [-0.05, 0) is 31.2 Å². The van der Waals surface area contributed by atoms with Crippen LogP contribution >= 0.6 is 0 Å². The molecule has 2 aliphatic carbocycles. The predicted molar refractivity (Wildman–Crippen MR) is 138 cm³/mol. The van der Waals surface area contributed by atoms with Crippen molar-refractivity contribution in [2.45, 2.75) is 88.9 Å². The average molecular weight is 504 g/mol. The summed E-state index contributed by atoms with van der Waals surface area (Å²) in [6.45, 7) is 3.03. The van der Waals surface area contributed by atoms with Crippen LogP contribution in [0.15, 0.2) is 43.0 Å². The summed E-state index contributed by atoms with van der Waals surface area (Å²) in [4.78, 5) is 33.9. The number of nitrogens with one attached hydrogen (secondary N) is 3. The van der Waals surface area contributed by atoms with Crippen LogP contribution in [0, 0.1) is 0 Å². The lowest BCUT2D eigenvalue weighted by Gasteiger charge is -2.30. The quantitative estimate of drug-likeness (QED) is 0.346. The Kier molecular flexibility index (Phi) is 14.1. The molecule has 1 aromatic carbocycles. The van der Waals surface area contributed by atoms with Crippen LogP contribution in [-0.2, 0) is 20.9 Å². The zero-order chi connectivity index (χ0) is 26.0. The van der Waals surface area contributed by atoms with Gasteiger partial charge in [0.25, 0.3) is 0 Å². The summed E-state index contributed by atoms with van der Waals surface area (Å²) in [5.41, 5.74) is 0.764. The molecule has 2 aliphatic rings. The zero-order valence-corrected chi connectivity index (χ0v) is 21.1. The van der Waals surface area contributed by atoms with Gasteiger partial charge in [-0.25, -0.2) is 14.4 Å². The number of carboxylic acid groups (broad SMARTS) is 1. The summed E-state index contributed by atoms with van der Waals surface area (Å²) < 4.78 is 9.54. The molecule has 2 amide bonds. The van der Waals surface area contributed by atoms with Gasteiger partial charge in [0.05, 0.1) is 6.54 Å². The van der Waals surface area contributed by atoms with Gasteiger partial charge in [-0.15, -0.1) is 0 Å². The maximum absolute atomic E-state index is 11.6. The van der Waals surface area contributed by atoms with E-state index in [0.29, 0.717) is 0 Å². The highest BCUT2D eigenvalue weighted by molar-refractivity contribution is 5.80. The largest absolute Gasteiger partial charge is 0.480 e. The Balaban J connectivity index is 0.000000293. The fourth-order valence-electron chi connectivity index (χ4n) is 4.35. The number of amides is 2. The normalized spacial score (nSPS) is 17.0. The summed E-state index contributed by atoms with van der Waals surface area (Å²) >= 11 is 0. The summed E-state index contributed by atoms with van der Waals surface area (Å²) in [6, 6.07) is 9.33. The van der Waals surface area contributed by atoms with Crippen molar-refractivity contribution in [1.29, 1.82) is 0 Å². The van der Waals surface area contributed by atoms with Crippen molar-refractivity contribution in [3.8, 4) is 0 Å². The Bertz CT molecular complexity index is 776. The first-order valence-corrected chi connectivity index (χ1v) is 13.0. The first-order chi connectivity index (χ1) is 17.5. The lowest BCUT2D eigenvalue weighted by Crippen LogP contribution is -2.48. The fourth-order valence-corrected chi connectivity index (χ4v) is 4.35. The SMILES string of the molecule is C1CCC(NC2CCCCC2)CC1.C=CCOC(=O)NC[C@H](NC(=O)OCc1ccccc1)C(=O)O. The molecule has 0 saturated heterocycles. The lowest BCUT2D eigenvalue weighted by atomic mass is 9.91. The van der Waals surface area contributed by atoms with Gasteiger partial charge in [0, 0.05) is 12.1 Å². The summed E-state index contributed by atoms with van der Waals surface area (Å²) in [5.74, 6) is -1.31. The van der Waals surface area contributed by atoms with Crippen molar-refractivity contribution >= 4 is 18.2 Å². The third-order valence-corrected chi connectivity index (χ3v) is 6.27. The van der Waals surface area contributed by atoms with E-state index in [0.717, 1.165) is 17.6 Å². The molecule has 0 spiro atoms. The number of ether oxygens (including phenoxy) is 2. The number of aliphatic carboxylic acids is 1. The van der Waals surface area contributed by atoms with Crippen LogP contribution < -0.4 is 16.0 Å². The van der Waals surface area contributed by atoms with E-state index in [9.17, 15) is 14.4 Å². The molecule has 0 bridgehead atoms. The highest BCUT2D eigenvalue weighted by Gasteiger charge is 2.22. The van der Waals surface area contributed by atoms with Crippen LogP contribution in [0.5, 0.6) is 0 Å². The van der Waals surface area contributed by atoms with Crippen LogP contribution in [0.1, 0.15) is 69.8 Å². The molecule has 9 nitrogen and oxygen atoms in total. The van der Waals surface area contributed by atoms with Gasteiger partial charge in [0.15, 0.2) is 0 Å². The number of hydrogen-bond donors (Lipinski definition) is 4. The molecule has 1 aromatic rings. The van der Waals surface area contributed by atoms with Crippen LogP contribution in [0.2, 0.25) is 0 Å². The highest BCUT2D eigenvalue weighted by Crippen LogP contribution is 2.22. The molecular weight excluding hydrogens is 462 g/mol. The molecular formula is C27H41N3O6. The minimum Gasteiger partial charge on any atom is -0.480 e. The van der Waals surface area contributed by atoms with Crippen LogP contribution in [0.3, 0.4) is 0 Å². The standard InChI is InChI=1S/C15H18N2O6.C12H23N/c1-2-8-22-14(20)16-9-12(13(18)19)17-15(21)23-10-11-6-4-3-5-7-11;1-3-7-11(8-4-1)13-12-9-5-2-6-10-12/h2-7,12H,1,8-10H2,(H,16,20)(H,17,21)(H,18,19);11-13H,1-10H2/t12-;/m0./s1. The Morgan fingerprint density at radius 2 is 1.50 bits per heavy atom. The van der Waals surface area contributed by atoms with E-state index in [1.807, 2.05) is 6.07 Å².